The first-order valence-electron chi connectivity index (χ1n) is 8.09. The molecule has 2 rings (SSSR count). The first kappa shape index (κ1) is 15.3. The summed E-state index contributed by atoms with van der Waals surface area (Å²) in [6.07, 6.45) is 8.32. The van der Waals surface area contributed by atoms with Gasteiger partial charge >= 0.3 is 0 Å². The zero-order chi connectivity index (χ0) is 13.7. The fraction of sp³-hybridized carbons (Fsp3) is 1.00. The number of nitrogens with zero attached hydrogens (tertiary/aromatic N) is 1. The van der Waals surface area contributed by atoms with Gasteiger partial charge in [-0.1, -0.05) is 13.8 Å². The average Bonchev–Trinajstić information content (AvgIpc) is 2.39. The highest BCUT2D eigenvalue weighted by molar-refractivity contribution is 4.82. The van der Waals surface area contributed by atoms with Gasteiger partial charge in [0.05, 0.1) is 12.7 Å². The minimum absolute atomic E-state index is 0.500. The van der Waals surface area contributed by atoms with Gasteiger partial charge in [-0.05, 0) is 64.1 Å². The van der Waals surface area contributed by atoms with Gasteiger partial charge in [-0.2, -0.15) is 0 Å². The normalized spacial score (nSPS) is 25.9. The van der Waals surface area contributed by atoms with Crippen LogP contribution in [-0.2, 0) is 4.74 Å². The summed E-state index contributed by atoms with van der Waals surface area (Å²) in [7, 11) is 2.27. The highest BCUT2D eigenvalue weighted by Gasteiger charge is 2.28. The lowest BCUT2D eigenvalue weighted by Crippen LogP contribution is -2.40. The molecule has 0 atom stereocenters. The number of ether oxygens (including phenoxy) is 1. The molecular weight excluding hydrogens is 236 g/mol. The predicted octanol–water partition coefficient (Wildman–Crippen LogP) is 2.66. The molecule has 0 radical (unpaired) electrons. The maximum absolute atomic E-state index is 6.00. The number of rotatable bonds is 5. The van der Waals surface area contributed by atoms with Gasteiger partial charge in [0.2, 0.25) is 0 Å². The van der Waals surface area contributed by atoms with Crippen LogP contribution in [-0.4, -0.2) is 50.3 Å². The molecule has 0 aromatic rings. The molecule has 3 heteroatoms. The van der Waals surface area contributed by atoms with Crippen molar-refractivity contribution in [3.05, 3.63) is 0 Å². The zero-order valence-electron chi connectivity index (χ0n) is 13.1. The molecular formula is C16H32N2O. The van der Waals surface area contributed by atoms with Crippen LogP contribution in [0.4, 0.5) is 0 Å². The summed E-state index contributed by atoms with van der Waals surface area (Å²) >= 11 is 0. The van der Waals surface area contributed by atoms with E-state index in [4.69, 9.17) is 4.74 Å². The van der Waals surface area contributed by atoms with Crippen molar-refractivity contribution in [3.63, 3.8) is 0 Å². The second kappa shape index (κ2) is 7.05. The van der Waals surface area contributed by atoms with E-state index in [1.807, 2.05) is 0 Å². The van der Waals surface area contributed by atoms with Crippen molar-refractivity contribution >= 4 is 0 Å². The van der Waals surface area contributed by atoms with Crippen LogP contribution < -0.4 is 5.32 Å². The third-order valence-electron chi connectivity index (χ3n) is 5.02. The number of nitrogens with one attached hydrogen (secondary N) is 1. The van der Waals surface area contributed by atoms with Crippen LogP contribution in [0.2, 0.25) is 0 Å². The average molecular weight is 268 g/mol. The van der Waals surface area contributed by atoms with Crippen molar-refractivity contribution in [1.29, 1.82) is 0 Å². The maximum Gasteiger partial charge on any atom is 0.0600 e. The van der Waals surface area contributed by atoms with Gasteiger partial charge in [-0.15, -0.1) is 0 Å². The highest BCUT2D eigenvalue weighted by atomic mass is 16.5. The Morgan fingerprint density at radius 1 is 1.11 bits per heavy atom. The monoisotopic (exact) mass is 268 g/mol. The lowest BCUT2D eigenvalue weighted by Gasteiger charge is -2.38. The van der Waals surface area contributed by atoms with E-state index < -0.39 is 0 Å². The van der Waals surface area contributed by atoms with Crippen LogP contribution in [0.15, 0.2) is 0 Å². The quantitative estimate of drug-likeness (QED) is 0.829. The van der Waals surface area contributed by atoms with E-state index in [9.17, 15) is 0 Å². The third-order valence-corrected chi connectivity index (χ3v) is 5.02. The van der Waals surface area contributed by atoms with E-state index in [0.29, 0.717) is 11.5 Å². The highest BCUT2D eigenvalue weighted by Crippen LogP contribution is 2.36. The van der Waals surface area contributed by atoms with Crippen molar-refractivity contribution in [2.75, 3.05) is 33.3 Å². The van der Waals surface area contributed by atoms with Gasteiger partial charge < -0.3 is 15.0 Å². The maximum atomic E-state index is 6.00. The third kappa shape index (κ3) is 5.05. The summed E-state index contributed by atoms with van der Waals surface area (Å²) in [4.78, 5) is 2.52. The smallest absolute Gasteiger partial charge is 0.0600 e. The van der Waals surface area contributed by atoms with E-state index >= 15 is 0 Å². The van der Waals surface area contributed by atoms with Gasteiger partial charge in [-0.3, -0.25) is 0 Å². The molecule has 1 aliphatic carbocycles. The molecule has 2 aliphatic rings. The second-order valence-corrected chi connectivity index (χ2v) is 7.20. The molecule has 0 bridgehead atoms. The van der Waals surface area contributed by atoms with Crippen LogP contribution >= 0.6 is 0 Å². The summed E-state index contributed by atoms with van der Waals surface area (Å²) in [6, 6.07) is 0.782. The summed E-state index contributed by atoms with van der Waals surface area (Å²) in [5, 5.41) is 3.38. The number of likely N-dealkylation sites (N-methyl/N-ethyl adjacent to an activating group) is 1. The van der Waals surface area contributed by atoms with E-state index in [0.717, 1.165) is 32.3 Å². The first-order chi connectivity index (χ1) is 9.07. The lowest BCUT2D eigenvalue weighted by atomic mass is 9.75. The molecule has 0 aromatic carbocycles. The Bertz CT molecular complexity index is 251. The van der Waals surface area contributed by atoms with Crippen molar-refractivity contribution in [2.45, 2.75) is 64.5 Å². The molecule has 3 nitrogen and oxygen atoms in total. The van der Waals surface area contributed by atoms with Crippen LogP contribution in [0.25, 0.3) is 0 Å². The van der Waals surface area contributed by atoms with Gasteiger partial charge in [0.25, 0.3) is 0 Å². The standard InChI is InChI=1S/C16H32N2O/c1-16(2)8-4-14(5-9-16)18(3)12-13-19-15-6-10-17-11-7-15/h14-15,17H,4-13H2,1-3H3. The molecule has 0 unspecified atom stereocenters. The molecule has 2 fully saturated rings. The Morgan fingerprint density at radius 3 is 2.37 bits per heavy atom. The fourth-order valence-corrected chi connectivity index (χ4v) is 3.33. The minimum Gasteiger partial charge on any atom is -0.377 e. The van der Waals surface area contributed by atoms with Gasteiger partial charge in [0.1, 0.15) is 0 Å². The number of piperidine rings is 1. The van der Waals surface area contributed by atoms with Gasteiger partial charge in [-0.25, -0.2) is 0 Å². The van der Waals surface area contributed by atoms with Crippen molar-refractivity contribution < 1.29 is 4.74 Å². The molecule has 1 heterocycles. The van der Waals surface area contributed by atoms with E-state index in [2.05, 4.69) is 31.1 Å². The number of hydrogen-bond acceptors (Lipinski definition) is 3. The summed E-state index contributed by atoms with van der Waals surface area (Å²) in [5.74, 6) is 0. The molecule has 1 aliphatic heterocycles. The largest absolute Gasteiger partial charge is 0.377 e. The molecule has 112 valence electrons. The van der Waals surface area contributed by atoms with Gasteiger partial charge in [0.15, 0.2) is 0 Å². The Kier molecular flexibility index (Phi) is 5.67. The van der Waals surface area contributed by atoms with Crippen molar-refractivity contribution in [3.8, 4) is 0 Å². The van der Waals surface area contributed by atoms with Gasteiger partial charge in [0, 0.05) is 12.6 Å². The minimum atomic E-state index is 0.500. The van der Waals surface area contributed by atoms with Crippen LogP contribution in [0, 0.1) is 5.41 Å². The van der Waals surface area contributed by atoms with Crippen LogP contribution in [0.5, 0.6) is 0 Å². The van der Waals surface area contributed by atoms with Crippen molar-refractivity contribution in [2.24, 2.45) is 5.41 Å². The van der Waals surface area contributed by atoms with Crippen molar-refractivity contribution in [1.82, 2.24) is 10.2 Å². The van der Waals surface area contributed by atoms with Crippen LogP contribution in [0.1, 0.15) is 52.4 Å². The molecule has 0 aromatic heterocycles. The zero-order valence-corrected chi connectivity index (χ0v) is 13.1. The predicted molar refractivity (Wildman–Crippen MR) is 80.5 cm³/mol. The Hall–Kier alpha value is -0.120. The lowest BCUT2D eigenvalue weighted by molar-refractivity contribution is 0.0129. The molecule has 1 N–H and O–H groups in total. The second-order valence-electron chi connectivity index (χ2n) is 7.20. The summed E-state index contributed by atoms with van der Waals surface area (Å²) in [5.41, 5.74) is 0.572. The fourth-order valence-electron chi connectivity index (χ4n) is 3.33. The Labute approximate surface area is 119 Å². The van der Waals surface area contributed by atoms with E-state index in [-0.39, 0.29) is 0 Å². The number of hydrogen-bond donors (Lipinski definition) is 1. The molecule has 1 saturated carbocycles. The van der Waals surface area contributed by atoms with Crippen LogP contribution in [0.3, 0.4) is 0 Å². The molecule has 0 spiro atoms. The molecule has 1 saturated heterocycles. The Morgan fingerprint density at radius 2 is 1.74 bits per heavy atom. The Balaban J connectivity index is 1.60. The molecule has 0 amide bonds. The SMILES string of the molecule is CN(CCOC1CCNCC1)C1CCC(C)(C)CC1. The summed E-state index contributed by atoms with van der Waals surface area (Å²) < 4.78 is 6.00. The topological polar surface area (TPSA) is 24.5 Å². The summed E-state index contributed by atoms with van der Waals surface area (Å²) in [6.45, 7) is 9.05. The first-order valence-corrected chi connectivity index (χ1v) is 8.09. The van der Waals surface area contributed by atoms with E-state index in [1.54, 1.807) is 0 Å². The van der Waals surface area contributed by atoms with E-state index in [1.165, 1.54) is 38.5 Å². The molecule has 19 heavy (non-hydrogen) atoms.